The van der Waals surface area contributed by atoms with Crippen LogP contribution in [0.5, 0.6) is 28.7 Å². The molecule has 2 aliphatic heterocycles. The first-order valence-corrected chi connectivity index (χ1v) is 22.8. The predicted octanol–water partition coefficient (Wildman–Crippen LogP) is 10.1. The largest absolute Gasteiger partial charge is 0.459 e. The van der Waals surface area contributed by atoms with Crippen LogP contribution in [0.2, 0.25) is 0 Å². The molecule has 7 rings (SSSR count). The molecule has 1 fully saturated rings. The fourth-order valence-corrected chi connectivity index (χ4v) is 9.64. The number of hydrogen-bond donors (Lipinski definition) is 2. The summed E-state index contributed by atoms with van der Waals surface area (Å²) in [5, 5.41) is 24.9. The highest BCUT2D eigenvalue weighted by atomic mass is 35.5. The maximum absolute atomic E-state index is 14.7. The van der Waals surface area contributed by atoms with Crippen LogP contribution < -0.4 is 18.9 Å². The average Bonchev–Trinajstić information content (AvgIpc) is 3.74. The van der Waals surface area contributed by atoms with Crippen molar-refractivity contribution in [2.45, 2.75) is 109 Å². The quantitative estimate of drug-likeness (QED) is 0.0518. The molecule has 13 heteroatoms. The molecule has 0 saturated heterocycles. The zero-order valence-corrected chi connectivity index (χ0v) is 38.0. The lowest BCUT2D eigenvalue weighted by molar-refractivity contribution is -0.256. The summed E-state index contributed by atoms with van der Waals surface area (Å²) in [5.41, 5.74) is 5.02. The number of fused-ring (bicyclic) bond motifs is 3. The molecule has 2 N–H and O–H groups in total. The van der Waals surface area contributed by atoms with E-state index in [2.05, 4.69) is 38.6 Å². The van der Waals surface area contributed by atoms with Gasteiger partial charge in [0.15, 0.2) is 11.5 Å². The first kappa shape index (κ1) is 46.2. The number of allylic oxidation sites excluding steroid dienone is 1. The van der Waals surface area contributed by atoms with Crippen LogP contribution in [-0.2, 0) is 20.9 Å². The number of aryl methyl sites for hydroxylation is 2. The Hall–Kier alpha value is -4.75. The zero-order chi connectivity index (χ0) is 44.7. The Labute approximate surface area is 376 Å². The fourth-order valence-electron chi connectivity index (χ4n) is 9.56. The van der Waals surface area contributed by atoms with Gasteiger partial charge in [-0.2, -0.15) is 0 Å². The number of oxime groups is 1. The molecule has 0 radical (unpaired) electrons. The van der Waals surface area contributed by atoms with E-state index < -0.39 is 29.4 Å². The van der Waals surface area contributed by atoms with E-state index in [4.69, 9.17) is 50.0 Å². The number of hydrogen-bond acceptors (Lipinski definition) is 11. The molecule has 1 amide bonds. The smallest absolute Gasteiger partial charge is 0.410 e. The minimum Gasteiger partial charge on any atom is -0.459 e. The Balaban J connectivity index is 1.46. The minimum absolute atomic E-state index is 0.00796. The molecular formula is C50H63ClN2O10. The van der Waals surface area contributed by atoms with E-state index in [1.807, 2.05) is 63.2 Å². The van der Waals surface area contributed by atoms with Gasteiger partial charge in [-0.05, 0) is 137 Å². The van der Waals surface area contributed by atoms with Crippen molar-refractivity contribution in [3.8, 4) is 28.7 Å². The van der Waals surface area contributed by atoms with Gasteiger partial charge in [0.2, 0.25) is 12.6 Å². The monoisotopic (exact) mass is 886 g/mol. The van der Waals surface area contributed by atoms with Crippen LogP contribution in [0, 0.1) is 31.6 Å². The van der Waals surface area contributed by atoms with Crippen LogP contribution in [0.3, 0.4) is 0 Å². The van der Waals surface area contributed by atoms with Crippen LogP contribution >= 0.6 is 11.6 Å². The normalized spacial score (nSPS) is 23.8. The number of benzene rings is 3. The first-order chi connectivity index (χ1) is 30.4. The SMILES string of the molecule is C=CCO[C@@]12Oc3ccc(Oc4ccc(C)c(C)c4)cc3[C@H]3[C@H](CCCCO)[C@@H](CCCCO)C=C(C(=NOC(C)(C)C)C[C@@H]1N(Cc1ccc4c(c1)OCO4)C(=O)OCCCl)[C@H]32. The van der Waals surface area contributed by atoms with Gasteiger partial charge >= 0.3 is 6.09 Å². The summed E-state index contributed by atoms with van der Waals surface area (Å²) in [6.45, 7) is 14.6. The second-order valence-corrected chi connectivity index (χ2v) is 18.3. The number of unbranched alkanes of at least 4 members (excludes halogenated alkanes) is 2. The fraction of sp³-hybridized carbons (Fsp3) is 0.520. The molecule has 0 unspecified atom stereocenters. The molecule has 12 nitrogen and oxygen atoms in total. The summed E-state index contributed by atoms with van der Waals surface area (Å²) in [6.07, 6.45) is 8.18. The van der Waals surface area contributed by atoms with Crippen LogP contribution in [0.15, 0.2) is 84.1 Å². The summed E-state index contributed by atoms with van der Waals surface area (Å²) < 4.78 is 38.4. The van der Waals surface area contributed by atoms with E-state index in [1.165, 1.54) is 5.56 Å². The number of aliphatic hydroxyl groups is 2. The number of aliphatic hydroxyl groups excluding tert-OH is 2. The van der Waals surface area contributed by atoms with Crippen molar-refractivity contribution in [1.82, 2.24) is 4.90 Å². The molecule has 3 aromatic rings. The summed E-state index contributed by atoms with van der Waals surface area (Å²) in [5.74, 6) is 1.17. The number of carbonyl (C=O) groups is 1. The lowest BCUT2D eigenvalue weighted by atomic mass is 9.55. The Morgan fingerprint density at radius 3 is 2.41 bits per heavy atom. The predicted molar refractivity (Wildman–Crippen MR) is 242 cm³/mol. The van der Waals surface area contributed by atoms with Crippen LogP contribution in [0.25, 0.3) is 0 Å². The van der Waals surface area contributed by atoms with E-state index in [0.29, 0.717) is 41.6 Å². The first-order valence-electron chi connectivity index (χ1n) is 22.3. The van der Waals surface area contributed by atoms with Crippen molar-refractivity contribution in [1.29, 1.82) is 0 Å². The second-order valence-electron chi connectivity index (χ2n) is 17.9. The van der Waals surface area contributed by atoms with Gasteiger partial charge in [-0.15, -0.1) is 18.2 Å². The molecular weight excluding hydrogens is 824 g/mol. The second kappa shape index (κ2) is 20.4. The van der Waals surface area contributed by atoms with Gasteiger partial charge in [-0.25, -0.2) is 4.79 Å². The Kier molecular flexibility index (Phi) is 15.0. The molecule has 63 heavy (non-hydrogen) atoms. The molecule has 0 spiro atoms. The van der Waals surface area contributed by atoms with Gasteiger partial charge in [-0.3, -0.25) is 4.90 Å². The van der Waals surface area contributed by atoms with Crippen LogP contribution in [0.1, 0.15) is 93.9 Å². The molecule has 3 aromatic carbocycles. The zero-order valence-electron chi connectivity index (χ0n) is 37.3. The van der Waals surface area contributed by atoms with Gasteiger partial charge < -0.3 is 43.5 Å². The maximum atomic E-state index is 14.7. The third-order valence-corrected chi connectivity index (χ3v) is 12.6. The summed E-state index contributed by atoms with van der Waals surface area (Å²) in [6, 6.07) is 16.8. The van der Waals surface area contributed by atoms with Gasteiger partial charge in [0, 0.05) is 37.7 Å². The van der Waals surface area contributed by atoms with Crippen molar-refractivity contribution in [3.05, 3.63) is 101 Å². The number of alkyl halides is 1. The van der Waals surface area contributed by atoms with Gasteiger partial charge in [-0.1, -0.05) is 42.3 Å². The van der Waals surface area contributed by atoms with Gasteiger partial charge in [0.1, 0.15) is 35.5 Å². The molecule has 340 valence electrons. The standard InChI is InChI=1S/C50H63ClN2O10/c1-7-23-60-50-45(53(48(56)57-24-20-51)30-34-15-18-43-44(26-34)59-31-58-43)29-41(52-63-49(4,5)6)39-27-35(12-8-10-21-54)38(13-9-11-22-55)46(47(39)50)40-28-37(17-19-42(40)62-50)61-36-16-14-32(2)33(3)25-36/h7,14-19,25-28,35,38,45-47,54-55H,1,8-13,20-24,29-31H2,2-6H3/t35-,38+,45-,46+,47+,50+/m0/s1. The van der Waals surface area contributed by atoms with Gasteiger partial charge in [0.25, 0.3) is 0 Å². The molecule has 0 aromatic heterocycles. The van der Waals surface area contributed by atoms with Crippen molar-refractivity contribution in [3.63, 3.8) is 0 Å². The molecule has 0 bridgehead atoms. The Morgan fingerprint density at radius 1 is 0.952 bits per heavy atom. The van der Waals surface area contributed by atoms with Crippen molar-refractivity contribution in [2.24, 2.45) is 22.9 Å². The van der Waals surface area contributed by atoms with E-state index >= 15 is 0 Å². The molecule has 2 aliphatic carbocycles. The third kappa shape index (κ3) is 10.3. The highest BCUT2D eigenvalue weighted by Gasteiger charge is 2.66. The highest BCUT2D eigenvalue weighted by Crippen LogP contribution is 2.62. The molecule has 2 heterocycles. The lowest BCUT2D eigenvalue weighted by Gasteiger charge is -2.60. The molecule has 4 aliphatic rings. The number of halogens is 1. The average molecular weight is 888 g/mol. The number of amides is 1. The van der Waals surface area contributed by atoms with Crippen LogP contribution in [0.4, 0.5) is 4.79 Å². The minimum atomic E-state index is -1.49. The van der Waals surface area contributed by atoms with Crippen molar-refractivity contribution in [2.75, 3.05) is 39.1 Å². The molecule has 6 atom stereocenters. The number of rotatable bonds is 19. The van der Waals surface area contributed by atoms with E-state index in [0.717, 1.165) is 53.7 Å². The topological polar surface area (TPSA) is 138 Å². The third-order valence-electron chi connectivity index (χ3n) is 12.5. The summed E-state index contributed by atoms with van der Waals surface area (Å²) in [7, 11) is 0. The van der Waals surface area contributed by atoms with E-state index in [-0.39, 0.29) is 69.8 Å². The number of ether oxygens (including phenoxy) is 6. The summed E-state index contributed by atoms with van der Waals surface area (Å²) >= 11 is 6.13. The molecule has 1 saturated carbocycles. The van der Waals surface area contributed by atoms with E-state index in [1.54, 1.807) is 11.0 Å². The van der Waals surface area contributed by atoms with Crippen molar-refractivity contribution >= 4 is 23.4 Å². The maximum Gasteiger partial charge on any atom is 0.410 e. The summed E-state index contributed by atoms with van der Waals surface area (Å²) in [4.78, 5) is 22.6. The van der Waals surface area contributed by atoms with Gasteiger partial charge in [0.05, 0.1) is 24.1 Å². The van der Waals surface area contributed by atoms with Crippen LogP contribution in [-0.4, -0.2) is 83.4 Å². The Bertz CT molecular complexity index is 2150. The van der Waals surface area contributed by atoms with Crippen molar-refractivity contribution < 1.29 is 48.3 Å². The lowest BCUT2D eigenvalue weighted by Crippen LogP contribution is -2.70. The number of nitrogens with zero attached hydrogens (tertiary/aromatic N) is 2. The Morgan fingerprint density at radius 2 is 1.68 bits per heavy atom. The van der Waals surface area contributed by atoms with E-state index in [9.17, 15) is 15.0 Å². The number of carbonyl (C=O) groups excluding carboxylic acids is 1. The highest BCUT2D eigenvalue weighted by molar-refractivity contribution is 6.18.